The third-order valence-electron chi connectivity index (χ3n) is 2.65. The second-order valence-corrected chi connectivity index (χ2v) is 3.73. The molecule has 0 saturated heterocycles. The first kappa shape index (κ1) is 12.2. The average Bonchev–Trinajstić information content (AvgIpc) is 2.38. The monoisotopic (exact) mass is 248 g/mol. The number of phenols is 1. The lowest BCUT2D eigenvalue weighted by Crippen LogP contribution is -1.92. The van der Waals surface area contributed by atoms with Gasteiger partial charge in [-0.3, -0.25) is 0 Å². The highest BCUT2D eigenvalue weighted by molar-refractivity contribution is 5.73. The summed E-state index contributed by atoms with van der Waals surface area (Å²) in [4.78, 5) is 0. The first-order valence-electron chi connectivity index (χ1n) is 5.36. The predicted molar refractivity (Wildman–Crippen MR) is 66.6 cm³/mol. The molecule has 0 heterocycles. The van der Waals surface area contributed by atoms with E-state index in [-0.39, 0.29) is 5.75 Å². The molecule has 0 bridgehead atoms. The number of aromatic hydroxyl groups is 1. The van der Waals surface area contributed by atoms with E-state index in [1.165, 1.54) is 19.2 Å². The quantitative estimate of drug-likeness (QED) is 0.906. The molecule has 0 saturated carbocycles. The van der Waals surface area contributed by atoms with Crippen LogP contribution < -0.4 is 9.47 Å². The molecule has 0 atom stereocenters. The van der Waals surface area contributed by atoms with Gasteiger partial charge in [-0.2, -0.15) is 0 Å². The summed E-state index contributed by atoms with van der Waals surface area (Å²) in [7, 11) is 3.06. The molecule has 4 heteroatoms. The minimum Gasteiger partial charge on any atom is -0.508 e. The summed E-state index contributed by atoms with van der Waals surface area (Å²) < 4.78 is 24.1. The van der Waals surface area contributed by atoms with E-state index in [0.29, 0.717) is 22.6 Å². The number of phenolic OH excluding ortho intramolecular Hbond substituents is 1. The van der Waals surface area contributed by atoms with Crippen LogP contribution in [0.25, 0.3) is 11.1 Å². The number of hydrogen-bond acceptors (Lipinski definition) is 3. The molecule has 94 valence electrons. The summed E-state index contributed by atoms with van der Waals surface area (Å²) in [6, 6.07) is 9.13. The Kier molecular flexibility index (Phi) is 3.37. The van der Waals surface area contributed by atoms with Crippen molar-refractivity contribution < 1.29 is 19.0 Å². The van der Waals surface area contributed by atoms with Gasteiger partial charge in [-0.1, -0.05) is 0 Å². The van der Waals surface area contributed by atoms with E-state index < -0.39 is 5.82 Å². The van der Waals surface area contributed by atoms with Gasteiger partial charge in [0.05, 0.1) is 14.2 Å². The van der Waals surface area contributed by atoms with Crippen molar-refractivity contribution >= 4 is 0 Å². The van der Waals surface area contributed by atoms with Crippen LogP contribution in [0.1, 0.15) is 0 Å². The highest BCUT2D eigenvalue weighted by Crippen LogP contribution is 2.35. The smallest absolute Gasteiger partial charge is 0.134 e. The maximum atomic E-state index is 13.8. The predicted octanol–water partition coefficient (Wildman–Crippen LogP) is 3.22. The van der Waals surface area contributed by atoms with Crippen molar-refractivity contribution in [2.75, 3.05) is 14.2 Å². The van der Waals surface area contributed by atoms with E-state index in [1.54, 1.807) is 25.3 Å². The number of ether oxygens (including phenoxy) is 2. The standard InChI is InChI=1S/C14H13FO3/c1-17-10-4-6-14(18-2)12(8-10)11-5-3-9(16)7-13(11)15/h3-8,16H,1-2H3. The summed E-state index contributed by atoms with van der Waals surface area (Å²) in [5.74, 6) is 0.526. The van der Waals surface area contributed by atoms with Gasteiger partial charge in [0, 0.05) is 17.2 Å². The fourth-order valence-corrected chi connectivity index (χ4v) is 1.75. The Morgan fingerprint density at radius 3 is 2.33 bits per heavy atom. The van der Waals surface area contributed by atoms with Crippen LogP contribution in [-0.2, 0) is 0 Å². The molecule has 0 fully saturated rings. The molecular weight excluding hydrogens is 235 g/mol. The lowest BCUT2D eigenvalue weighted by Gasteiger charge is -2.11. The van der Waals surface area contributed by atoms with Gasteiger partial charge in [0.2, 0.25) is 0 Å². The molecule has 0 aliphatic rings. The maximum Gasteiger partial charge on any atom is 0.134 e. The minimum atomic E-state index is -0.512. The topological polar surface area (TPSA) is 38.7 Å². The molecule has 3 nitrogen and oxygen atoms in total. The number of hydrogen-bond donors (Lipinski definition) is 1. The number of methoxy groups -OCH3 is 2. The van der Waals surface area contributed by atoms with Crippen LogP contribution in [0.4, 0.5) is 4.39 Å². The first-order chi connectivity index (χ1) is 8.65. The summed E-state index contributed by atoms with van der Waals surface area (Å²) in [6.45, 7) is 0. The molecule has 2 rings (SSSR count). The Morgan fingerprint density at radius 2 is 1.72 bits per heavy atom. The second kappa shape index (κ2) is 4.96. The molecule has 0 aliphatic heterocycles. The summed E-state index contributed by atoms with van der Waals surface area (Å²) in [5, 5.41) is 9.22. The normalized spacial score (nSPS) is 10.2. The molecule has 0 amide bonds. The fraction of sp³-hybridized carbons (Fsp3) is 0.143. The van der Waals surface area contributed by atoms with Crippen LogP contribution in [-0.4, -0.2) is 19.3 Å². The Bertz CT molecular complexity index is 567. The molecule has 0 radical (unpaired) electrons. The highest BCUT2D eigenvalue weighted by atomic mass is 19.1. The fourth-order valence-electron chi connectivity index (χ4n) is 1.75. The number of rotatable bonds is 3. The summed E-state index contributed by atoms with van der Waals surface area (Å²) in [6.07, 6.45) is 0. The molecule has 0 spiro atoms. The van der Waals surface area contributed by atoms with E-state index in [9.17, 15) is 9.50 Å². The van der Waals surface area contributed by atoms with Gasteiger partial charge < -0.3 is 14.6 Å². The average molecular weight is 248 g/mol. The largest absolute Gasteiger partial charge is 0.508 e. The zero-order valence-electron chi connectivity index (χ0n) is 10.1. The molecule has 0 aliphatic carbocycles. The third kappa shape index (κ3) is 2.22. The van der Waals surface area contributed by atoms with E-state index in [4.69, 9.17) is 9.47 Å². The Labute approximate surface area is 104 Å². The van der Waals surface area contributed by atoms with Crippen molar-refractivity contribution in [1.82, 2.24) is 0 Å². The molecule has 0 unspecified atom stereocenters. The highest BCUT2D eigenvalue weighted by Gasteiger charge is 2.12. The van der Waals surface area contributed by atoms with E-state index >= 15 is 0 Å². The number of halogens is 1. The lowest BCUT2D eigenvalue weighted by atomic mass is 10.0. The molecule has 2 aromatic rings. The van der Waals surface area contributed by atoms with Crippen LogP contribution in [0.3, 0.4) is 0 Å². The van der Waals surface area contributed by atoms with Gasteiger partial charge >= 0.3 is 0 Å². The molecule has 2 aromatic carbocycles. The van der Waals surface area contributed by atoms with Crippen molar-refractivity contribution in [2.24, 2.45) is 0 Å². The van der Waals surface area contributed by atoms with Crippen LogP contribution in [0.5, 0.6) is 17.2 Å². The van der Waals surface area contributed by atoms with Crippen molar-refractivity contribution in [3.63, 3.8) is 0 Å². The van der Waals surface area contributed by atoms with Crippen LogP contribution in [0.15, 0.2) is 36.4 Å². The van der Waals surface area contributed by atoms with Gasteiger partial charge in [-0.05, 0) is 30.3 Å². The van der Waals surface area contributed by atoms with E-state index in [2.05, 4.69) is 0 Å². The lowest BCUT2D eigenvalue weighted by molar-refractivity contribution is 0.404. The van der Waals surface area contributed by atoms with Crippen molar-refractivity contribution in [3.05, 3.63) is 42.2 Å². The molecule has 0 aromatic heterocycles. The molecule has 18 heavy (non-hydrogen) atoms. The SMILES string of the molecule is COc1ccc(OC)c(-c2ccc(O)cc2F)c1. The van der Waals surface area contributed by atoms with Gasteiger partial charge in [0.1, 0.15) is 23.1 Å². The molecule has 1 N–H and O–H groups in total. The summed E-state index contributed by atoms with van der Waals surface area (Å²) in [5.41, 5.74) is 0.929. The molecular formula is C14H13FO3. The third-order valence-corrected chi connectivity index (χ3v) is 2.65. The van der Waals surface area contributed by atoms with Gasteiger partial charge in [0.15, 0.2) is 0 Å². The van der Waals surface area contributed by atoms with Crippen molar-refractivity contribution in [2.45, 2.75) is 0 Å². The Morgan fingerprint density at radius 1 is 0.944 bits per heavy atom. The van der Waals surface area contributed by atoms with Gasteiger partial charge in [-0.15, -0.1) is 0 Å². The summed E-state index contributed by atoms with van der Waals surface area (Å²) >= 11 is 0. The van der Waals surface area contributed by atoms with Crippen molar-refractivity contribution in [3.8, 4) is 28.4 Å². The first-order valence-corrected chi connectivity index (χ1v) is 5.36. The maximum absolute atomic E-state index is 13.8. The van der Waals surface area contributed by atoms with Gasteiger partial charge in [0.25, 0.3) is 0 Å². The minimum absolute atomic E-state index is 0.113. The Hall–Kier alpha value is -2.23. The van der Waals surface area contributed by atoms with Crippen LogP contribution in [0, 0.1) is 5.82 Å². The zero-order valence-corrected chi connectivity index (χ0v) is 10.1. The van der Waals surface area contributed by atoms with Gasteiger partial charge in [-0.25, -0.2) is 4.39 Å². The zero-order chi connectivity index (χ0) is 13.1. The van der Waals surface area contributed by atoms with Crippen LogP contribution >= 0.6 is 0 Å². The van der Waals surface area contributed by atoms with E-state index in [0.717, 1.165) is 6.07 Å². The second-order valence-electron chi connectivity index (χ2n) is 3.73. The Balaban J connectivity index is 2.60. The number of benzene rings is 2. The van der Waals surface area contributed by atoms with Crippen molar-refractivity contribution in [1.29, 1.82) is 0 Å². The van der Waals surface area contributed by atoms with Crippen LogP contribution in [0.2, 0.25) is 0 Å². The van der Waals surface area contributed by atoms with E-state index in [1.807, 2.05) is 0 Å².